The van der Waals surface area contributed by atoms with Crippen LogP contribution in [-0.4, -0.2) is 35.5 Å². The average Bonchev–Trinajstić information content (AvgIpc) is 3.29. The molecule has 5 rings (SSSR count). The largest absolute Gasteiger partial charge is 0.504 e. The zero-order valence-corrected chi connectivity index (χ0v) is 14.1. The van der Waals surface area contributed by atoms with Gasteiger partial charge in [0.25, 0.3) is 0 Å². The van der Waals surface area contributed by atoms with Crippen LogP contribution >= 0.6 is 0 Å². The number of ether oxygens (including phenoxy) is 1. The van der Waals surface area contributed by atoms with Gasteiger partial charge in [-0.25, -0.2) is 0 Å². The van der Waals surface area contributed by atoms with E-state index in [1.165, 1.54) is 18.2 Å². The summed E-state index contributed by atoms with van der Waals surface area (Å²) in [5.41, 5.74) is -0.201. The number of hydrogen-bond acceptors (Lipinski definition) is 6. The number of aliphatic hydroxyl groups is 1. The quantitative estimate of drug-likeness (QED) is 0.669. The molecule has 7 nitrogen and oxygen atoms in total. The molecule has 2 heterocycles. The first kappa shape index (κ1) is 15.5. The van der Waals surface area contributed by atoms with Gasteiger partial charge in [-0.15, -0.1) is 10.2 Å². The molecule has 2 aromatic heterocycles. The number of para-hydroxylation sites is 1. The summed E-state index contributed by atoms with van der Waals surface area (Å²) in [6.07, 6.45) is 5.98. The van der Waals surface area contributed by atoms with E-state index in [4.69, 9.17) is 4.74 Å². The molecule has 0 radical (unpaired) electrons. The molecular formula is C19H19N3O4. The number of pyridine rings is 1. The zero-order chi connectivity index (χ0) is 17.9. The highest BCUT2D eigenvalue weighted by Crippen LogP contribution is 2.57. The predicted molar refractivity (Wildman–Crippen MR) is 92.5 cm³/mol. The summed E-state index contributed by atoms with van der Waals surface area (Å²) in [4.78, 5) is 0. The number of benzene rings is 1. The van der Waals surface area contributed by atoms with E-state index in [1.807, 2.05) is 16.7 Å². The van der Waals surface area contributed by atoms with Crippen molar-refractivity contribution in [2.45, 2.75) is 43.1 Å². The molecule has 0 aliphatic heterocycles. The molecule has 3 aromatic rings. The van der Waals surface area contributed by atoms with Crippen molar-refractivity contribution in [2.24, 2.45) is 0 Å². The van der Waals surface area contributed by atoms with Crippen LogP contribution in [0.5, 0.6) is 23.0 Å². The number of rotatable bonds is 3. The van der Waals surface area contributed by atoms with Crippen LogP contribution in [0.2, 0.25) is 0 Å². The lowest BCUT2D eigenvalue weighted by Gasteiger charge is -2.24. The Morgan fingerprint density at radius 3 is 2.35 bits per heavy atom. The van der Waals surface area contributed by atoms with Gasteiger partial charge in [0, 0.05) is 11.6 Å². The van der Waals surface area contributed by atoms with Crippen molar-refractivity contribution in [1.29, 1.82) is 0 Å². The first-order chi connectivity index (χ1) is 12.5. The Labute approximate surface area is 149 Å². The minimum atomic E-state index is -0.568. The maximum atomic E-state index is 10.6. The Morgan fingerprint density at radius 2 is 1.69 bits per heavy atom. The Balaban J connectivity index is 1.59. The van der Waals surface area contributed by atoms with E-state index in [0.717, 1.165) is 31.5 Å². The fourth-order valence-corrected chi connectivity index (χ4v) is 4.54. The van der Waals surface area contributed by atoms with E-state index in [1.54, 1.807) is 6.07 Å². The summed E-state index contributed by atoms with van der Waals surface area (Å²) in [6, 6.07) is 7.96. The molecule has 0 atom stereocenters. The van der Waals surface area contributed by atoms with E-state index in [0.29, 0.717) is 17.8 Å². The van der Waals surface area contributed by atoms with Crippen molar-refractivity contribution in [3.63, 3.8) is 0 Å². The van der Waals surface area contributed by atoms with Crippen molar-refractivity contribution in [2.75, 3.05) is 0 Å². The normalized spacial score (nSPS) is 27.3. The van der Waals surface area contributed by atoms with Crippen LogP contribution in [0.15, 0.2) is 36.5 Å². The van der Waals surface area contributed by atoms with Crippen LogP contribution in [0, 0.1) is 0 Å². The van der Waals surface area contributed by atoms with Gasteiger partial charge >= 0.3 is 0 Å². The van der Waals surface area contributed by atoms with E-state index < -0.39 is 5.60 Å². The molecule has 7 heteroatoms. The second kappa shape index (κ2) is 5.11. The number of hydrogen-bond donors (Lipinski definition) is 3. The molecule has 2 bridgehead atoms. The first-order valence-electron chi connectivity index (χ1n) is 8.75. The van der Waals surface area contributed by atoms with Crippen molar-refractivity contribution in [3.05, 3.63) is 42.4 Å². The number of phenolic OH excluding ortho intramolecular Hbond substituents is 2. The van der Waals surface area contributed by atoms with E-state index in [9.17, 15) is 15.3 Å². The molecule has 26 heavy (non-hydrogen) atoms. The lowest BCUT2D eigenvalue weighted by Crippen LogP contribution is -2.23. The van der Waals surface area contributed by atoms with Crippen molar-refractivity contribution < 1.29 is 20.1 Å². The van der Waals surface area contributed by atoms with Crippen LogP contribution in [0.3, 0.4) is 0 Å². The topological polar surface area (TPSA) is 100 Å². The van der Waals surface area contributed by atoms with Crippen LogP contribution in [-0.2, 0) is 5.41 Å². The maximum absolute atomic E-state index is 10.6. The van der Waals surface area contributed by atoms with Crippen LogP contribution in [0.25, 0.3) is 5.65 Å². The third-order valence-electron chi connectivity index (χ3n) is 5.86. The third-order valence-corrected chi connectivity index (χ3v) is 5.86. The van der Waals surface area contributed by atoms with E-state index in [2.05, 4.69) is 10.2 Å². The lowest BCUT2D eigenvalue weighted by atomic mass is 9.83. The molecule has 0 saturated heterocycles. The molecule has 2 aliphatic rings. The van der Waals surface area contributed by atoms with Gasteiger partial charge < -0.3 is 20.1 Å². The summed E-state index contributed by atoms with van der Waals surface area (Å²) in [5, 5.41) is 39.2. The number of phenols is 2. The monoisotopic (exact) mass is 353 g/mol. The number of aromatic hydroxyl groups is 2. The number of fused-ring (bicyclic) bond motifs is 3. The minimum absolute atomic E-state index is 0.0144. The molecular weight excluding hydrogens is 334 g/mol. The van der Waals surface area contributed by atoms with Crippen LogP contribution in [0.1, 0.15) is 37.9 Å². The second-order valence-electron chi connectivity index (χ2n) is 7.50. The van der Waals surface area contributed by atoms with Gasteiger partial charge in [-0.2, -0.15) is 0 Å². The Kier molecular flexibility index (Phi) is 3.04. The Morgan fingerprint density at radius 1 is 0.962 bits per heavy atom. The van der Waals surface area contributed by atoms with E-state index >= 15 is 0 Å². The summed E-state index contributed by atoms with van der Waals surface area (Å²) in [7, 11) is 0. The van der Waals surface area contributed by atoms with Crippen molar-refractivity contribution in [1.82, 2.24) is 14.6 Å². The second-order valence-corrected chi connectivity index (χ2v) is 7.50. The molecule has 0 amide bonds. The lowest BCUT2D eigenvalue weighted by molar-refractivity contribution is 0.0521. The summed E-state index contributed by atoms with van der Waals surface area (Å²) < 4.78 is 7.65. The number of nitrogens with zero attached hydrogens (tertiary/aromatic N) is 3. The molecule has 2 aliphatic carbocycles. The summed E-state index contributed by atoms with van der Waals surface area (Å²) >= 11 is 0. The Hall–Kier alpha value is -2.80. The first-order valence-corrected chi connectivity index (χ1v) is 8.75. The molecule has 134 valence electrons. The highest BCUT2D eigenvalue weighted by Gasteiger charge is 2.56. The van der Waals surface area contributed by atoms with Crippen molar-refractivity contribution >= 4 is 5.65 Å². The fourth-order valence-electron chi connectivity index (χ4n) is 4.54. The van der Waals surface area contributed by atoms with Gasteiger partial charge in [0.2, 0.25) is 11.4 Å². The smallest absolute Gasteiger partial charge is 0.210 e. The van der Waals surface area contributed by atoms with Gasteiger partial charge in [0.15, 0.2) is 17.2 Å². The molecule has 2 saturated carbocycles. The van der Waals surface area contributed by atoms with Gasteiger partial charge in [-0.3, -0.25) is 4.40 Å². The molecule has 1 aromatic carbocycles. The zero-order valence-electron chi connectivity index (χ0n) is 14.1. The van der Waals surface area contributed by atoms with Gasteiger partial charge in [0.1, 0.15) is 5.82 Å². The fraction of sp³-hybridized carbons (Fsp3) is 0.368. The SMILES string of the molecule is Oc1cccc(O)c1Oc1cccn2c(C34CCC(O)(CC3)C4)nnc12. The van der Waals surface area contributed by atoms with Crippen molar-refractivity contribution in [3.8, 4) is 23.0 Å². The van der Waals surface area contributed by atoms with Crippen LogP contribution < -0.4 is 4.74 Å². The van der Waals surface area contributed by atoms with Crippen LogP contribution in [0.4, 0.5) is 0 Å². The standard InChI is InChI=1S/C19H19N3O4/c23-12-3-1-4-13(24)15(12)26-14-5-2-10-22-16(14)20-21-17(22)18-6-8-19(25,11-18)9-7-18/h1-5,10,23-25H,6-9,11H2. The third kappa shape index (κ3) is 2.10. The molecule has 3 N–H and O–H groups in total. The van der Waals surface area contributed by atoms with E-state index in [-0.39, 0.29) is 22.7 Å². The van der Waals surface area contributed by atoms with Gasteiger partial charge in [-0.1, -0.05) is 6.07 Å². The minimum Gasteiger partial charge on any atom is -0.504 e. The summed E-state index contributed by atoms with van der Waals surface area (Å²) in [5.74, 6) is 0.918. The average molecular weight is 353 g/mol. The Bertz CT molecular complexity index is 985. The van der Waals surface area contributed by atoms with Gasteiger partial charge in [-0.05, 0) is 56.4 Å². The highest BCUT2D eigenvalue weighted by atomic mass is 16.5. The predicted octanol–water partition coefficient (Wildman–Crippen LogP) is 2.88. The number of aromatic nitrogens is 3. The molecule has 0 spiro atoms. The molecule has 2 fully saturated rings. The maximum Gasteiger partial charge on any atom is 0.210 e. The highest BCUT2D eigenvalue weighted by molar-refractivity contribution is 5.59. The van der Waals surface area contributed by atoms with Gasteiger partial charge in [0.05, 0.1) is 5.60 Å². The summed E-state index contributed by atoms with van der Waals surface area (Å²) in [6.45, 7) is 0. The molecule has 0 unspecified atom stereocenters.